The van der Waals surface area contributed by atoms with Gasteiger partial charge in [-0.05, 0) is 45.1 Å². The zero-order valence-corrected chi connectivity index (χ0v) is 16.4. The first-order valence-corrected chi connectivity index (χ1v) is 9.05. The highest BCUT2D eigenvalue weighted by Crippen LogP contribution is 2.35. The zero-order chi connectivity index (χ0) is 18.1. The van der Waals surface area contributed by atoms with Crippen LogP contribution in [0.5, 0.6) is 5.88 Å². The van der Waals surface area contributed by atoms with Crippen molar-refractivity contribution in [2.24, 2.45) is 5.41 Å². The quantitative estimate of drug-likeness (QED) is 0.872. The molecule has 0 saturated carbocycles. The summed E-state index contributed by atoms with van der Waals surface area (Å²) in [6, 6.07) is 0. The Hall–Kier alpha value is -1.69. The molecule has 0 aliphatic rings. The number of nitrogens with zero attached hydrogens (tertiary/aromatic N) is 2. The number of rotatable bonds is 5. The second-order valence-electron chi connectivity index (χ2n) is 7.92. The normalized spacial score (nSPS) is 12.5. The Bertz CT molecular complexity index is 745. The summed E-state index contributed by atoms with van der Waals surface area (Å²) in [6.07, 6.45) is 2.37. The summed E-state index contributed by atoms with van der Waals surface area (Å²) in [4.78, 5) is 22.8. The number of hydrogen-bond donors (Lipinski definition) is 1. The van der Waals surface area contributed by atoms with Crippen LogP contribution in [0.15, 0.2) is 6.33 Å². The number of fused-ring (bicyclic) bond motifs is 1. The van der Waals surface area contributed by atoms with Crippen LogP contribution >= 0.6 is 11.3 Å². The summed E-state index contributed by atoms with van der Waals surface area (Å²) in [5.74, 6) is 0.483. The summed E-state index contributed by atoms with van der Waals surface area (Å²) >= 11 is 1.39. The number of carbonyl (C=O) groups excluding carboxylic acids is 1. The Morgan fingerprint density at radius 2 is 1.92 bits per heavy atom. The van der Waals surface area contributed by atoms with E-state index in [0.29, 0.717) is 17.4 Å². The molecular weight excluding hydrogens is 322 g/mol. The lowest BCUT2D eigenvalue weighted by atomic mass is 9.82. The van der Waals surface area contributed by atoms with Crippen LogP contribution in [-0.2, 0) is 0 Å². The molecule has 0 unspecified atom stereocenters. The minimum Gasteiger partial charge on any atom is -0.477 e. The Balaban J connectivity index is 2.34. The van der Waals surface area contributed by atoms with Gasteiger partial charge in [-0.15, -0.1) is 11.3 Å². The molecule has 2 aromatic heterocycles. The molecule has 1 N–H and O–H groups in total. The van der Waals surface area contributed by atoms with E-state index in [4.69, 9.17) is 4.74 Å². The van der Waals surface area contributed by atoms with Gasteiger partial charge < -0.3 is 10.1 Å². The number of nitrogens with one attached hydrogen (secondary N) is 1. The van der Waals surface area contributed by atoms with E-state index < -0.39 is 0 Å². The van der Waals surface area contributed by atoms with Crippen LogP contribution in [-0.4, -0.2) is 28.0 Å². The SMILES string of the molecule is CCOc1ncnc2sc(C(=O)NC(C)(C)CC(C)(C)C)c(C)c12. The third-order valence-corrected chi connectivity index (χ3v) is 4.80. The van der Waals surface area contributed by atoms with Gasteiger partial charge in [0.1, 0.15) is 11.2 Å². The van der Waals surface area contributed by atoms with E-state index in [1.807, 2.05) is 13.8 Å². The average Bonchev–Trinajstić information content (AvgIpc) is 2.74. The Morgan fingerprint density at radius 3 is 2.50 bits per heavy atom. The predicted octanol–water partition coefficient (Wildman–Crippen LogP) is 4.34. The maximum absolute atomic E-state index is 12.8. The molecule has 24 heavy (non-hydrogen) atoms. The van der Waals surface area contributed by atoms with Crippen molar-refractivity contribution in [3.05, 3.63) is 16.8 Å². The van der Waals surface area contributed by atoms with Gasteiger partial charge in [0.15, 0.2) is 0 Å². The fourth-order valence-electron chi connectivity index (χ4n) is 3.24. The largest absolute Gasteiger partial charge is 0.477 e. The molecule has 0 saturated heterocycles. The van der Waals surface area contributed by atoms with E-state index in [0.717, 1.165) is 22.2 Å². The van der Waals surface area contributed by atoms with Crippen molar-refractivity contribution in [1.82, 2.24) is 15.3 Å². The molecule has 1 amide bonds. The Kier molecular flexibility index (Phi) is 5.18. The number of hydrogen-bond acceptors (Lipinski definition) is 5. The van der Waals surface area contributed by atoms with Crippen LogP contribution in [0.1, 0.15) is 63.2 Å². The molecule has 0 aliphatic carbocycles. The molecule has 2 rings (SSSR count). The summed E-state index contributed by atoms with van der Waals surface area (Å²) in [5, 5.41) is 4.00. The third kappa shape index (κ3) is 4.23. The van der Waals surface area contributed by atoms with Crippen molar-refractivity contribution >= 4 is 27.5 Å². The molecular formula is C18H27N3O2S. The Labute approximate surface area is 147 Å². The number of ether oxygens (including phenoxy) is 1. The first kappa shape index (κ1) is 18.6. The van der Waals surface area contributed by atoms with Crippen LogP contribution in [0.2, 0.25) is 0 Å². The molecule has 0 radical (unpaired) electrons. The van der Waals surface area contributed by atoms with Crippen molar-refractivity contribution in [3.63, 3.8) is 0 Å². The fourth-order valence-corrected chi connectivity index (χ4v) is 4.27. The maximum Gasteiger partial charge on any atom is 0.262 e. The van der Waals surface area contributed by atoms with Crippen LogP contribution in [0.4, 0.5) is 0 Å². The molecule has 0 bridgehead atoms. The molecule has 132 valence electrons. The number of thiophene rings is 1. The van der Waals surface area contributed by atoms with Crippen molar-refractivity contribution in [2.45, 2.75) is 60.4 Å². The van der Waals surface area contributed by atoms with Crippen molar-refractivity contribution in [2.75, 3.05) is 6.61 Å². The van der Waals surface area contributed by atoms with Gasteiger partial charge in [0, 0.05) is 5.54 Å². The topological polar surface area (TPSA) is 64.1 Å². The van der Waals surface area contributed by atoms with Gasteiger partial charge in [0.05, 0.1) is 16.9 Å². The zero-order valence-electron chi connectivity index (χ0n) is 15.6. The van der Waals surface area contributed by atoms with Gasteiger partial charge in [0.25, 0.3) is 5.91 Å². The number of aromatic nitrogens is 2. The van der Waals surface area contributed by atoms with Gasteiger partial charge in [-0.2, -0.15) is 0 Å². The first-order chi connectivity index (χ1) is 11.0. The van der Waals surface area contributed by atoms with E-state index in [-0.39, 0.29) is 16.9 Å². The number of aryl methyl sites for hydroxylation is 1. The number of carbonyl (C=O) groups is 1. The highest BCUT2D eigenvalue weighted by molar-refractivity contribution is 7.20. The lowest BCUT2D eigenvalue weighted by molar-refractivity contribution is 0.0895. The molecule has 0 fully saturated rings. The fraction of sp³-hybridized carbons (Fsp3) is 0.611. The smallest absolute Gasteiger partial charge is 0.262 e. The van der Waals surface area contributed by atoms with Crippen LogP contribution in [0.3, 0.4) is 0 Å². The van der Waals surface area contributed by atoms with Crippen molar-refractivity contribution < 1.29 is 9.53 Å². The van der Waals surface area contributed by atoms with E-state index in [1.54, 1.807) is 0 Å². The summed E-state index contributed by atoms with van der Waals surface area (Å²) in [5.41, 5.74) is 0.731. The van der Waals surface area contributed by atoms with Crippen molar-refractivity contribution in [1.29, 1.82) is 0 Å². The lowest BCUT2D eigenvalue weighted by Gasteiger charge is -2.33. The summed E-state index contributed by atoms with van der Waals surface area (Å²) in [7, 11) is 0. The van der Waals surface area contributed by atoms with E-state index in [9.17, 15) is 4.79 Å². The molecule has 6 heteroatoms. The van der Waals surface area contributed by atoms with Crippen LogP contribution in [0.25, 0.3) is 10.2 Å². The van der Waals surface area contributed by atoms with Crippen LogP contribution < -0.4 is 10.1 Å². The maximum atomic E-state index is 12.8. The van der Waals surface area contributed by atoms with E-state index >= 15 is 0 Å². The molecule has 2 aromatic rings. The standard InChI is InChI=1S/C18H27N3O2S/c1-8-23-15-12-11(2)13(24-16(12)20-10-19-15)14(22)21-18(6,7)9-17(3,4)5/h10H,8-9H2,1-7H3,(H,21,22). The predicted molar refractivity (Wildman–Crippen MR) is 98.9 cm³/mol. The summed E-state index contributed by atoms with van der Waals surface area (Å²) in [6.45, 7) is 15.0. The molecule has 0 aromatic carbocycles. The molecule has 0 atom stereocenters. The second-order valence-corrected chi connectivity index (χ2v) is 8.92. The highest BCUT2D eigenvalue weighted by atomic mass is 32.1. The van der Waals surface area contributed by atoms with Crippen LogP contribution in [0, 0.1) is 12.3 Å². The molecule has 0 aliphatic heterocycles. The molecule has 0 spiro atoms. The minimum atomic E-state index is -0.285. The van der Waals surface area contributed by atoms with E-state index in [2.05, 4.69) is 49.9 Å². The van der Waals surface area contributed by atoms with Gasteiger partial charge in [-0.1, -0.05) is 20.8 Å². The van der Waals surface area contributed by atoms with Crippen molar-refractivity contribution in [3.8, 4) is 5.88 Å². The minimum absolute atomic E-state index is 0.0628. The molecule has 5 nitrogen and oxygen atoms in total. The summed E-state index contributed by atoms with van der Waals surface area (Å²) < 4.78 is 5.58. The number of amides is 1. The van der Waals surface area contributed by atoms with Gasteiger partial charge in [-0.25, -0.2) is 9.97 Å². The second kappa shape index (κ2) is 6.67. The van der Waals surface area contributed by atoms with E-state index in [1.165, 1.54) is 17.7 Å². The highest BCUT2D eigenvalue weighted by Gasteiger charge is 2.29. The molecule has 2 heterocycles. The monoisotopic (exact) mass is 349 g/mol. The van der Waals surface area contributed by atoms with Gasteiger partial charge in [-0.3, -0.25) is 4.79 Å². The van der Waals surface area contributed by atoms with Gasteiger partial charge >= 0.3 is 0 Å². The van der Waals surface area contributed by atoms with Gasteiger partial charge in [0.2, 0.25) is 5.88 Å². The first-order valence-electron chi connectivity index (χ1n) is 8.23. The Morgan fingerprint density at radius 1 is 1.25 bits per heavy atom. The third-order valence-electron chi connectivity index (χ3n) is 3.60. The lowest BCUT2D eigenvalue weighted by Crippen LogP contribution is -2.45. The average molecular weight is 350 g/mol.